The predicted octanol–water partition coefficient (Wildman–Crippen LogP) is 6.67. The predicted molar refractivity (Wildman–Crippen MR) is 130 cm³/mol. The minimum absolute atomic E-state index is 0.244. The lowest BCUT2D eigenvalue weighted by molar-refractivity contribution is 1.31. The van der Waals surface area contributed by atoms with E-state index in [4.69, 9.17) is 0 Å². The van der Waals surface area contributed by atoms with Gasteiger partial charge in [0.25, 0.3) is 0 Å². The molecule has 0 heterocycles. The van der Waals surface area contributed by atoms with E-state index in [1.165, 1.54) is 21.7 Å². The molecule has 0 spiro atoms. The molecule has 0 nitrogen and oxygen atoms in total. The van der Waals surface area contributed by atoms with Crippen LogP contribution in [0, 0.1) is 0 Å². The largest absolute Gasteiger partial charge is 0.103 e. The molecular weight excluding hydrogens is 374 g/mol. The van der Waals surface area contributed by atoms with E-state index in [1.807, 2.05) is 0 Å². The fourth-order valence-electron chi connectivity index (χ4n) is 3.38. The van der Waals surface area contributed by atoms with Gasteiger partial charge < -0.3 is 0 Å². The summed E-state index contributed by atoms with van der Waals surface area (Å²) in [4.78, 5) is 0. The second kappa shape index (κ2) is 11.1. The highest BCUT2D eigenvalue weighted by Gasteiger charge is 2.13. The molecule has 28 heavy (non-hydrogen) atoms. The van der Waals surface area contributed by atoms with Crippen molar-refractivity contribution in [1.82, 2.24) is 0 Å². The fourth-order valence-corrected chi connectivity index (χ4v) is 7.51. The summed E-state index contributed by atoms with van der Waals surface area (Å²) in [6.45, 7) is 7.98. The lowest BCUT2D eigenvalue weighted by Gasteiger charge is -2.19. The first-order valence-corrected chi connectivity index (χ1v) is 13.1. The van der Waals surface area contributed by atoms with Crippen LogP contribution in [0.4, 0.5) is 0 Å². The molecule has 0 aliphatic heterocycles. The highest BCUT2D eigenvalue weighted by atomic mass is 31.1. The van der Waals surface area contributed by atoms with E-state index >= 15 is 0 Å². The maximum absolute atomic E-state index is 3.99. The summed E-state index contributed by atoms with van der Waals surface area (Å²) in [6.07, 6.45) is 8.50. The maximum Gasteiger partial charge on any atom is -0.00299 e. The highest BCUT2D eigenvalue weighted by molar-refractivity contribution is 7.65. The zero-order chi connectivity index (χ0) is 19.6. The fraction of sp³-hybridized carbons (Fsp3) is 0.154. The van der Waals surface area contributed by atoms with Gasteiger partial charge in [-0.15, -0.1) is 13.2 Å². The molecule has 2 unspecified atom stereocenters. The number of rotatable bonds is 10. The molecule has 0 aliphatic carbocycles. The van der Waals surface area contributed by atoms with Crippen LogP contribution in [-0.2, 0) is 12.3 Å². The van der Waals surface area contributed by atoms with E-state index in [2.05, 4.69) is 110 Å². The third kappa shape index (κ3) is 6.00. The number of hydrogen-bond acceptors (Lipinski definition) is 0. The van der Waals surface area contributed by atoms with Crippen LogP contribution in [0.2, 0.25) is 0 Å². The van der Waals surface area contributed by atoms with Gasteiger partial charge in [0, 0.05) is 0 Å². The zero-order valence-electron chi connectivity index (χ0n) is 16.4. The molecule has 3 rings (SSSR count). The molecule has 0 N–H and O–H groups in total. The standard InChI is InChI=1S/C26H28P2/c1-3-18-27(25-14-7-5-8-15-25)21-23-12-11-13-24(20-23)22-28(19-4-2)26-16-9-6-10-17-26/h3-17,20H,1-2,18-19,21-22H2. The topological polar surface area (TPSA) is 0 Å². The highest BCUT2D eigenvalue weighted by Crippen LogP contribution is 2.41. The van der Waals surface area contributed by atoms with Gasteiger partial charge in [-0.1, -0.05) is 113 Å². The quantitative estimate of drug-likeness (QED) is 0.262. The van der Waals surface area contributed by atoms with Gasteiger partial charge in [-0.05, 0) is 46.4 Å². The molecule has 0 saturated carbocycles. The van der Waals surface area contributed by atoms with Crippen molar-refractivity contribution in [2.24, 2.45) is 0 Å². The van der Waals surface area contributed by atoms with Crippen molar-refractivity contribution in [3.8, 4) is 0 Å². The summed E-state index contributed by atoms with van der Waals surface area (Å²) < 4.78 is 0. The summed E-state index contributed by atoms with van der Waals surface area (Å²) in [5.41, 5.74) is 2.88. The van der Waals surface area contributed by atoms with E-state index < -0.39 is 0 Å². The molecule has 0 bridgehead atoms. The van der Waals surface area contributed by atoms with Crippen molar-refractivity contribution >= 4 is 26.5 Å². The first-order valence-electron chi connectivity index (χ1n) is 9.69. The SMILES string of the molecule is C=CCP(Cc1cccc(CP(CC=C)c2ccccc2)c1)c1ccccc1. The lowest BCUT2D eigenvalue weighted by Crippen LogP contribution is -2.05. The van der Waals surface area contributed by atoms with Gasteiger partial charge in [0.2, 0.25) is 0 Å². The van der Waals surface area contributed by atoms with E-state index in [1.54, 1.807) is 0 Å². The van der Waals surface area contributed by atoms with Gasteiger partial charge in [-0.3, -0.25) is 0 Å². The van der Waals surface area contributed by atoms with Gasteiger partial charge in [-0.2, -0.15) is 0 Å². The third-order valence-electron chi connectivity index (χ3n) is 4.68. The number of hydrogen-bond donors (Lipinski definition) is 0. The van der Waals surface area contributed by atoms with Crippen molar-refractivity contribution in [3.63, 3.8) is 0 Å². The Morgan fingerprint density at radius 2 is 1.00 bits per heavy atom. The average molecular weight is 402 g/mol. The molecule has 0 saturated heterocycles. The summed E-state index contributed by atoms with van der Waals surface area (Å²) in [7, 11) is -0.489. The normalized spacial score (nSPS) is 12.9. The Labute approximate surface area is 172 Å². The Kier molecular flexibility index (Phi) is 8.23. The van der Waals surface area contributed by atoms with Crippen molar-refractivity contribution in [2.45, 2.75) is 12.3 Å². The van der Waals surface area contributed by atoms with E-state index in [9.17, 15) is 0 Å². The van der Waals surface area contributed by atoms with Crippen molar-refractivity contribution < 1.29 is 0 Å². The first-order chi connectivity index (χ1) is 13.8. The maximum atomic E-state index is 3.99. The van der Waals surface area contributed by atoms with Gasteiger partial charge >= 0.3 is 0 Å². The van der Waals surface area contributed by atoms with E-state index in [0.29, 0.717) is 0 Å². The Balaban J connectivity index is 1.77. The van der Waals surface area contributed by atoms with Gasteiger partial charge in [0.15, 0.2) is 0 Å². The molecule has 3 aromatic rings. The Hall–Kier alpha value is -2.00. The minimum Gasteiger partial charge on any atom is -0.103 e. The Bertz CT molecular complexity index is 800. The van der Waals surface area contributed by atoms with Crippen molar-refractivity contribution in [3.05, 3.63) is 121 Å². The van der Waals surface area contributed by atoms with Crippen LogP contribution in [0.5, 0.6) is 0 Å². The summed E-state index contributed by atoms with van der Waals surface area (Å²) >= 11 is 0. The van der Waals surface area contributed by atoms with Gasteiger partial charge in [-0.25, -0.2) is 0 Å². The monoisotopic (exact) mass is 402 g/mol. The molecule has 0 amide bonds. The van der Waals surface area contributed by atoms with Crippen LogP contribution in [-0.4, -0.2) is 12.3 Å². The van der Waals surface area contributed by atoms with Gasteiger partial charge in [0.05, 0.1) is 0 Å². The van der Waals surface area contributed by atoms with Crippen LogP contribution >= 0.6 is 15.8 Å². The molecule has 0 fully saturated rings. The number of allylic oxidation sites excluding steroid dienone is 2. The zero-order valence-corrected chi connectivity index (χ0v) is 18.2. The van der Waals surface area contributed by atoms with E-state index in [0.717, 1.165) is 24.6 Å². The van der Waals surface area contributed by atoms with Crippen molar-refractivity contribution in [2.75, 3.05) is 12.3 Å². The summed E-state index contributed by atoms with van der Waals surface area (Å²) in [6, 6.07) is 31.0. The molecular formula is C26H28P2. The molecule has 142 valence electrons. The molecule has 2 heteroatoms. The van der Waals surface area contributed by atoms with Crippen LogP contribution in [0.1, 0.15) is 11.1 Å². The smallest absolute Gasteiger partial charge is 0.00299 e. The third-order valence-corrected chi connectivity index (χ3v) is 9.63. The molecule has 0 radical (unpaired) electrons. The first kappa shape index (κ1) is 20.7. The second-order valence-electron chi connectivity index (χ2n) is 6.83. The summed E-state index contributed by atoms with van der Waals surface area (Å²) in [5, 5.41) is 2.92. The second-order valence-corrected chi connectivity index (χ2v) is 11.4. The average Bonchev–Trinajstić information content (AvgIpc) is 2.75. The van der Waals surface area contributed by atoms with Gasteiger partial charge in [0.1, 0.15) is 0 Å². The molecule has 2 atom stereocenters. The summed E-state index contributed by atoms with van der Waals surface area (Å²) in [5.74, 6) is 0. The van der Waals surface area contributed by atoms with Crippen LogP contribution in [0.15, 0.2) is 110 Å². The Morgan fingerprint density at radius 3 is 1.39 bits per heavy atom. The molecule has 0 aliphatic rings. The van der Waals surface area contributed by atoms with Crippen LogP contribution in [0.25, 0.3) is 0 Å². The molecule has 0 aromatic heterocycles. The lowest BCUT2D eigenvalue weighted by atomic mass is 10.2. The van der Waals surface area contributed by atoms with Crippen LogP contribution < -0.4 is 10.6 Å². The minimum atomic E-state index is -0.244. The number of benzene rings is 3. The van der Waals surface area contributed by atoms with Crippen LogP contribution in [0.3, 0.4) is 0 Å². The van der Waals surface area contributed by atoms with Crippen molar-refractivity contribution in [1.29, 1.82) is 0 Å². The molecule has 3 aromatic carbocycles. The Morgan fingerprint density at radius 1 is 0.571 bits per heavy atom. The van der Waals surface area contributed by atoms with E-state index in [-0.39, 0.29) is 15.8 Å².